The molecule has 6 heteroatoms. The molecule has 0 aromatic heterocycles. The van der Waals surface area contributed by atoms with Crippen molar-refractivity contribution >= 4 is 6.08 Å². The lowest BCUT2D eigenvalue weighted by molar-refractivity contribution is -0.429. The molecular formula is C12H12FNO4. The molecule has 0 unspecified atom stereocenters. The lowest BCUT2D eigenvalue weighted by Gasteiger charge is -2.06. The van der Waals surface area contributed by atoms with E-state index in [0.717, 1.165) is 0 Å². The van der Waals surface area contributed by atoms with Crippen LogP contribution in [0.3, 0.4) is 0 Å². The largest absolute Gasteiger partial charge is 0.350 e. The Labute approximate surface area is 103 Å². The molecule has 0 amide bonds. The summed E-state index contributed by atoms with van der Waals surface area (Å²) in [6, 6.07) is 5.47. The van der Waals surface area contributed by atoms with Crippen LogP contribution in [0.5, 0.6) is 0 Å². The van der Waals surface area contributed by atoms with Gasteiger partial charge in [0.25, 0.3) is 5.70 Å². The monoisotopic (exact) mass is 253 g/mol. The van der Waals surface area contributed by atoms with Gasteiger partial charge < -0.3 is 9.47 Å². The number of nitrogens with zero attached hydrogens (tertiary/aromatic N) is 1. The Morgan fingerprint density at radius 1 is 1.39 bits per heavy atom. The summed E-state index contributed by atoms with van der Waals surface area (Å²) in [6.07, 6.45) is 0.900. The fourth-order valence-corrected chi connectivity index (χ4v) is 1.63. The Hall–Kier alpha value is -1.79. The summed E-state index contributed by atoms with van der Waals surface area (Å²) in [7, 11) is 0. The first-order chi connectivity index (χ1) is 8.65. The van der Waals surface area contributed by atoms with Crippen LogP contribution in [0.15, 0.2) is 30.0 Å². The van der Waals surface area contributed by atoms with Gasteiger partial charge in [-0.25, -0.2) is 4.39 Å². The Bertz CT molecular complexity index is 452. The number of rotatable bonds is 4. The number of halogens is 1. The van der Waals surface area contributed by atoms with Crippen LogP contribution < -0.4 is 0 Å². The molecule has 1 fully saturated rings. The van der Waals surface area contributed by atoms with Crippen LogP contribution in [0.4, 0.5) is 4.39 Å². The van der Waals surface area contributed by atoms with Crippen molar-refractivity contribution in [2.75, 3.05) is 13.2 Å². The van der Waals surface area contributed by atoms with E-state index in [1.54, 1.807) is 0 Å². The molecule has 1 aromatic carbocycles. The van der Waals surface area contributed by atoms with Gasteiger partial charge >= 0.3 is 0 Å². The summed E-state index contributed by atoms with van der Waals surface area (Å²) in [4.78, 5) is 10.4. The van der Waals surface area contributed by atoms with E-state index < -0.39 is 11.2 Å². The molecule has 2 rings (SSSR count). The summed E-state index contributed by atoms with van der Waals surface area (Å²) in [6.45, 7) is 0.901. The summed E-state index contributed by atoms with van der Waals surface area (Å²) >= 11 is 0. The van der Waals surface area contributed by atoms with Gasteiger partial charge in [-0.1, -0.05) is 12.1 Å². The molecular weight excluding hydrogens is 241 g/mol. The maximum atomic E-state index is 12.7. The smallest absolute Gasteiger partial charge is 0.251 e. The molecule has 1 aliphatic heterocycles. The SMILES string of the molecule is O=[N+]([O-])/C(=C\c1ccc(F)cc1)CC1OCCO1. The average molecular weight is 253 g/mol. The minimum atomic E-state index is -0.568. The van der Waals surface area contributed by atoms with Gasteiger partial charge in [0.15, 0.2) is 6.29 Å². The van der Waals surface area contributed by atoms with E-state index in [-0.39, 0.29) is 17.9 Å². The first kappa shape index (κ1) is 12.7. The van der Waals surface area contributed by atoms with Crippen LogP contribution in [0.2, 0.25) is 0 Å². The van der Waals surface area contributed by atoms with Gasteiger partial charge in [-0.05, 0) is 17.7 Å². The third-order valence-electron chi connectivity index (χ3n) is 2.50. The molecule has 1 aromatic rings. The van der Waals surface area contributed by atoms with E-state index in [2.05, 4.69) is 0 Å². The molecule has 5 nitrogen and oxygen atoms in total. The summed E-state index contributed by atoms with van der Waals surface area (Å²) in [5.41, 5.74) is 0.551. The maximum absolute atomic E-state index is 12.7. The van der Waals surface area contributed by atoms with Crippen molar-refractivity contribution in [2.24, 2.45) is 0 Å². The van der Waals surface area contributed by atoms with Crippen LogP contribution in [0.1, 0.15) is 12.0 Å². The Kier molecular flexibility index (Phi) is 4.01. The highest BCUT2D eigenvalue weighted by Gasteiger charge is 2.23. The maximum Gasteiger partial charge on any atom is 0.251 e. The van der Waals surface area contributed by atoms with Crippen LogP contribution in [0, 0.1) is 15.9 Å². The topological polar surface area (TPSA) is 61.6 Å². The van der Waals surface area contributed by atoms with Gasteiger partial charge in [-0.3, -0.25) is 10.1 Å². The van der Waals surface area contributed by atoms with Crippen molar-refractivity contribution < 1.29 is 18.8 Å². The number of ether oxygens (including phenoxy) is 2. The zero-order valence-corrected chi connectivity index (χ0v) is 9.54. The van der Waals surface area contributed by atoms with Crippen molar-refractivity contribution in [3.63, 3.8) is 0 Å². The third-order valence-corrected chi connectivity index (χ3v) is 2.50. The van der Waals surface area contributed by atoms with Gasteiger partial charge in [0, 0.05) is 6.08 Å². The van der Waals surface area contributed by atoms with E-state index in [9.17, 15) is 14.5 Å². The molecule has 1 saturated heterocycles. The molecule has 0 atom stereocenters. The van der Waals surface area contributed by atoms with Crippen molar-refractivity contribution in [3.05, 3.63) is 51.5 Å². The predicted molar refractivity (Wildman–Crippen MR) is 61.7 cm³/mol. The first-order valence-electron chi connectivity index (χ1n) is 5.49. The quantitative estimate of drug-likeness (QED) is 0.609. The van der Waals surface area contributed by atoms with E-state index in [1.807, 2.05) is 0 Å². The van der Waals surface area contributed by atoms with Crippen LogP contribution in [-0.2, 0) is 9.47 Å². The molecule has 1 heterocycles. The van der Waals surface area contributed by atoms with Crippen LogP contribution in [0.25, 0.3) is 6.08 Å². The van der Waals surface area contributed by atoms with Crippen LogP contribution in [-0.4, -0.2) is 24.4 Å². The second-order valence-electron chi connectivity index (χ2n) is 3.82. The van der Waals surface area contributed by atoms with E-state index in [1.165, 1.54) is 30.3 Å². The molecule has 0 aliphatic carbocycles. The molecule has 96 valence electrons. The number of hydrogen-bond donors (Lipinski definition) is 0. The summed E-state index contributed by atoms with van der Waals surface area (Å²) in [5.74, 6) is -0.378. The zero-order chi connectivity index (χ0) is 13.0. The highest BCUT2D eigenvalue weighted by molar-refractivity contribution is 5.50. The van der Waals surface area contributed by atoms with Gasteiger partial charge in [0.2, 0.25) is 0 Å². The molecule has 0 bridgehead atoms. The Balaban J connectivity index is 2.13. The summed E-state index contributed by atoms with van der Waals surface area (Å²) < 4.78 is 23.0. The third kappa shape index (κ3) is 3.35. The van der Waals surface area contributed by atoms with Crippen LogP contribution >= 0.6 is 0 Å². The minimum absolute atomic E-state index is 0.0199. The zero-order valence-electron chi connectivity index (χ0n) is 9.54. The van der Waals surface area contributed by atoms with Gasteiger partial charge in [-0.2, -0.15) is 0 Å². The van der Waals surface area contributed by atoms with Crippen molar-refractivity contribution in [1.29, 1.82) is 0 Å². The second-order valence-corrected chi connectivity index (χ2v) is 3.82. The van der Waals surface area contributed by atoms with Gasteiger partial charge in [0.1, 0.15) is 5.82 Å². The second kappa shape index (κ2) is 5.70. The highest BCUT2D eigenvalue weighted by Crippen LogP contribution is 2.17. The van der Waals surface area contributed by atoms with E-state index in [4.69, 9.17) is 9.47 Å². The lowest BCUT2D eigenvalue weighted by atomic mass is 10.1. The molecule has 0 N–H and O–H groups in total. The van der Waals surface area contributed by atoms with E-state index in [0.29, 0.717) is 18.8 Å². The molecule has 18 heavy (non-hydrogen) atoms. The summed E-state index contributed by atoms with van der Waals surface area (Å²) in [5, 5.41) is 10.9. The fraction of sp³-hybridized carbons (Fsp3) is 0.333. The Morgan fingerprint density at radius 2 is 2.00 bits per heavy atom. The lowest BCUT2D eigenvalue weighted by Crippen LogP contribution is -2.12. The Morgan fingerprint density at radius 3 is 2.56 bits per heavy atom. The minimum Gasteiger partial charge on any atom is -0.350 e. The molecule has 0 saturated carbocycles. The molecule has 0 radical (unpaired) electrons. The van der Waals surface area contributed by atoms with Crippen molar-refractivity contribution in [3.8, 4) is 0 Å². The average Bonchev–Trinajstić information content (AvgIpc) is 2.84. The number of hydrogen-bond acceptors (Lipinski definition) is 4. The number of benzene rings is 1. The standard InChI is InChI=1S/C12H12FNO4/c13-10-3-1-9(2-4-10)7-11(14(15)16)8-12-17-5-6-18-12/h1-4,7,12H,5-6,8H2/b11-7-. The molecule has 1 aliphatic rings. The van der Waals surface area contributed by atoms with Gasteiger partial charge in [-0.15, -0.1) is 0 Å². The molecule has 0 spiro atoms. The van der Waals surface area contributed by atoms with Gasteiger partial charge in [0.05, 0.1) is 24.6 Å². The van der Waals surface area contributed by atoms with Crippen molar-refractivity contribution in [2.45, 2.75) is 12.7 Å². The fourth-order valence-electron chi connectivity index (χ4n) is 1.63. The number of nitro groups is 1. The predicted octanol–water partition coefficient (Wildman–Crippen LogP) is 2.21. The van der Waals surface area contributed by atoms with Crippen molar-refractivity contribution in [1.82, 2.24) is 0 Å². The first-order valence-corrected chi connectivity index (χ1v) is 5.49. The highest BCUT2D eigenvalue weighted by atomic mass is 19.1. The van der Waals surface area contributed by atoms with E-state index >= 15 is 0 Å². The normalized spacial score (nSPS) is 17.1.